The van der Waals surface area contributed by atoms with E-state index in [0.29, 0.717) is 14.7 Å². The molecule has 0 bridgehead atoms. The van der Waals surface area contributed by atoms with Gasteiger partial charge in [-0.25, -0.2) is 5.43 Å². The third-order valence-corrected chi connectivity index (χ3v) is 7.20. The molecule has 4 aromatic rings. The number of aromatic nitrogens is 1. The van der Waals surface area contributed by atoms with Crippen molar-refractivity contribution in [1.82, 2.24) is 9.99 Å². The summed E-state index contributed by atoms with van der Waals surface area (Å²) in [6.45, 7) is 1.87. The number of halogens is 1. The highest BCUT2D eigenvalue weighted by molar-refractivity contribution is 14.1. The zero-order chi connectivity index (χ0) is 25.7. The minimum Gasteiger partial charge on any atom is -0.493 e. The van der Waals surface area contributed by atoms with Crippen molar-refractivity contribution in [2.24, 2.45) is 5.10 Å². The average molecular weight is 615 g/mol. The molecule has 4 rings (SSSR count). The predicted molar refractivity (Wildman–Crippen MR) is 146 cm³/mol. The van der Waals surface area contributed by atoms with Crippen molar-refractivity contribution < 1.29 is 22.1 Å². The molecule has 0 saturated carbocycles. The van der Waals surface area contributed by atoms with E-state index in [0.717, 1.165) is 11.3 Å². The summed E-state index contributed by atoms with van der Waals surface area (Å²) in [4.78, 5) is 12.8. The first kappa shape index (κ1) is 25.5. The Bertz CT molecular complexity index is 1520. The van der Waals surface area contributed by atoms with E-state index in [-0.39, 0.29) is 22.3 Å². The molecular weight excluding hydrogens is 593 g/mol. The summed E-state index contributed by atoms with van der Waals surface area (Å²) in [6, 6.07) is 20.6. The van der Waals surface area contributed by atoms with E-state index < -0.39 is 10.1 Å². The van der Waals surface area contributed by atoms with E-state index in [2.05, 4.69) is 10.5 Å². The number of aryl methyl sites for hydroxylation is 1. The van der Waals surface area contributed by atoms with Crippen LogP contribution >= 0.6 is 22.6 Å². The van der Waals surface area contributed by atoms with Crippen LogP contribution in [0.4, 0.5) is 0 Å². The van der Waals surface area contributed by atoms with Gasteiger partial charge >= 0.3 is 10.1 Å². The summed E-state index contributed by atoms with van der Waals surface area (Å²) in [6.07, 6.45) is 5.15. The Hall–Kier alpha value is -3.64. The van der Waals surface area contributed by atoms with Gasteiger partial charge in [-0.1, -0.05) is 29.8 Å². The third kappa shape index (κ3) is 5.77. The second kappa shape index (κ2) is 11.0. The van der Waals surface area contributed by atoms with Crippen LogP contribution in [0.1, 0.15) is 21.5 Å². The molecule has 1 aromatic heterocycles. The smallest absolute Gasteiger partial charge is 0.339 e. The van der Waals surface area contributed by atoms with Crippen molar-refractivity contribution >= 4 is 44.8 Å². The highest BCUT2D eigenvalue weighted by Gasteiger charge is 2.22. The van der Waals surface area contributed by atoms with E-state index in [1.807, 2.05) is 70.7 Å². The molecule has 1 N–H and O–H groups in total. The zero-order valence-electron chi connectivity index (χ0n) is 19.4. The molecule has 0 aliphatic heterocycles. The van der Waals surface area contributed by atoms with Crippen molar-refractivity contribution in [1.29, 1.82) is 0 Å². The summed E-state index contributed by atoms with van der Waals surface area (Å²) < 4.78 is 38.6. The molecule has 1 heterocycles. The number of ether oxygens (including phenoxy) is 1. The standard InChI is InChI=1S/C26H22IN3O5S/c1-18-9-11-20(12-10-18)36(32,33)35-25-22(27)15-19(16-24(25)34-2)17-28-29-26(31)21-7-3-4-8-23(21)30-13-5-6-14-30/h3-17H,1-2H3,(H,29,31). The first-order valence-corrected chi connectivity index (χ1v) is 13.2. The molecule has 0 aliphatic carbocycles. The summed E-state index contributed by atoms with van der Waals surface area (Å²) in [7, 11) is -2.64. The number of carbonyl (C=O) groups excluding carboxylic acids is 1. The van der Waals surface area contributed by atoms with Crippen LogP contribution in [0.25, 0.3) is 5.69 Å². The van der Waals surface area contributed by atoms with Crippen LogP contribution < -0.4 is 14.3 Å². The maximum atomic E-state index is 12.8. The maximum absolute atomic E-state index is 12.8. The van der Waals surface area contributed by atoms with E-state index >= 15 is 0 Å². The number of hydrogen-bond donors (Lipinski definition) is 1. The molecule has 0 atom stereocenters. The normalized spacial score (nSPS) is 11.4. The maximum Gasteiger partial charge on any atom is 0.339 e. The minimum absolute atomic E-state index is 0.0412. The van der Waals surface area contributed by atoms with Gasteiger partial charge in [-0.15, -0.1) is 0 Å². The molecule has 0 aliphatic rings. The van der Waals surface area contributed by atoms with Gasteiger partial charge in [0, 0.05) is 12.4 Å². The zero-order valence-corrected chi connectivity index (χ0v) is 22.4. The lowest BCUT2D eigenvalue weighted by Gasteiger charge is -2.13. The number of benzene rings is 3. The Morgan fingerprint density at radius 2 is 1.72 bits per heavy atom. The number of nitrogens with one attached hydrogen (secondary N) is 1. The van der Waals surface area contributed by atoms with Crippen LogP contribution in [-0.4, -0.2) is 32.2 Å². The molecule has 8 nitrogen and oxygen atoms in total. The molecule has 0 spiro atoms. The van der Waals surface area contributed by atoms with E-state index in [1.165, 1.54) is 25.5 Å². The lowest BCUT2D eigenvalue weighted by atomic mass is 10.1. The molecular formula is C26H22IN3O5S. The second-order valence-electron chi connectivity index (χ2n) is 7.69. The van der Waals surface area contributed by atoms with Gasteiger partial charge in [0.05, 0.1) is 28.1 Å². The number of nitrogens with zero attached hydrogens (tertiary/aromatic N) is 2. The monoisotopic (exact) mass is 615 g/mol. The van der Waals surface area contributed by atoms with Crippen LogP contribution in [0.3, 0.4) is 0 Å². The lowest BCUT2D eigenvalue weighted by Crippen LogP contribution is -2.19. The summed E-state index contributed by atoms with van der Waals surface area (Å²) in [5, 5.41) is 4.07. The van der Waals surface area contributed by atoms with Crippen molar-refractivity contribution in [3.05, 3.63) is 105 Å². The van der Waals surface area contributed by atoms with Crippen molar-refractivity contribution in [3.8, 4) is 17.2 Å². The van der Waals surface area contributed by atoms with Gasteiger partial charge in [-0.3, -0.25) is 4.79 Å². The number of hydrogen-bond acceptors (Lipinski definition) is 6. The Kier molecular flexibility index (Phi) is 7.75. The third-order valence-electron chi connectivity index (χ3n) is 5.17. The average Bonchev–Trinajstić information content (AvgIpc) is 3.40. The largest absolute Gasteiger partial charge is 0.493 e. The van der Waals surface area contributed by atoms with E-state index in [1.54, 1.807) is 36.4 Å². The Balaban J connectivity index is 1.52. The Morgan fingerprint density at radius 1 is 1.03 bits per heavy atom. The van der Waals surface area contributed by atoms with Crippen molar-refractivity contribution in [2.45, 2.75) is 11.8 Å². The van der Waals surface area contributed by atoms with Crippen LogP contribution in [0.15, 0.2) is 95.2 Å². The number of para-hydroxylation sites is 1. The molecule has 3 aromatic carbocycles. The number of amides is 1. The molecule has 184 valence electrons. The van der Waals surface area contributed by atoms with Gasteiger partial charge < -0.3 is 13.5 Å². The number of rotatable bonds is 8. The summed E-state index contributed by atoms with van der Waals surface area (Å²) >= 11 is 1.96. The SMILES string of the molecule is COc1cc(C=NNC(=O)c2ccccc2-n2cccc2)cc(I)c1OS(=O)(=O)c1ccc(C)cc1. The molecule has 0 fully saturated rings. The fraction of sp³-hybridized carbons (Fsp3) is 0.0769. The predicted octanol–water partition coefficient (Wildman–Crippen LogP) is 4.93. The highest BCUT2D eigenvalue weighted by Crippen LogP contribution is 2.35. The molecule has 0 unspecified atom stereocenters. The lowest BCUT2D eigenvalue weighted by molar-refractivity contribution is 0.0955. The first-order chi connectivity index (χ1) is 17.3. The second-order valence-corrected chi connectivity index (χ2v) is 10.4. The van der Waals surface area contributed by atoms with Gasteiger partial charge in [-0.2, -0.15) is 13.5 Å². The fourth-order valence-corrected chi connectivity index (χ4v) is 5.21. The molecule has 1 amide bonds. The summed E-state index contributed by atoms with van der Waals surface area (Å²) in [5.74, 6) is -0.0924. The number of hydrazone groups is 1. The number of carbonyl (C=O) groups is 1. The van der Waals surface area contributed by atoms with Crippen LogP contribution in [-0.2, 0) is 10.1 Å². The van der Waals surface area contributed by atoms with Gasteiger partial charge in [0.15, 0.2) is 11.5 Å². The van der Waals surface area contributed by atoms with E-state index in [9.17, 15) is 13.2 Å². The summed E-state index contributed by atoms with van der Waals surface area (Å²) in [5.41, 5.74) is 5.23. The van der Waals surface area contributed by atoms with Crippen molar-refractivity contribution in [3.63, 3.8) is 0 Å². The minimum atomic E-state index is -4.06. The van der Waals surface area contributed by atoms with Crippen LogP contribution in [0, 0.1) is 10.5 Å². The molecule has 10 heteroatoms. The van der Waals surface area contributed by atoms with Gasteiger partial charge in [0.25, 0.3) is 5.91 Å². The molecule has 0 saturated heterocycles. The van der Waals surface area contributed by atoms with Crippen molar-refractivity contribution in [2.75, 3.05) is 7.11 Å². The molecule has 0 radical (unpaired) electrons. The van der Waals surface area contributed by atoms with Gasteiger partial charge in [0.2, 0.25) is 0 Å². The first-order valence-electron chi connectivity index (χ1n) is 10.7. The Morgan fingerprint density at radius 3 is 2.42 bits per heavy atom. The Labute approximate surface area is 222 Å². The quantitative estimate of drug-likeness (QED) is 0.131. The van der Waals surface area contributed by atoms with E-state index in [4.69, 9.17) is 8.92 Å². The molecule has 36 heavy (non-hydrogen) atoms. The van der Waals surface area contributed by atoms with Gasteiger partial charge in [0.1, 0.15) is 4.90 Å². The van der Waals surface area contributed by atoms with Gasteiger partial charge in [-0.05, 0) is 83.6 Å². The van der Waals surface area contributed by atoms with Crippen LogP contribution in [0.2, 0.25) is 0 Å². The van der Waals surface area contributed by atoms with Crippen LogP contribution in [0.5, 0.6) is 11.5 Å². The topological polar surface area (TPSA) is 99.0 Å². The highest BCUT2D eigenvalue weighted by atomic mass is 127. The fourth-order valence-electron chi connectivity index (χ4n) is 3.37. The number of methoxy groups -OCH3 is 1.